The van der Waals surface area contributed by atoms with Crippen molar-refractivity contribution in [2.45, 2.75) is 46.2 Å². The molecule has 0 radical (unpaired) electrons. The van der Waals surface area contributed by atoms with Crippen LogP contribution in [0.3, 0.4) is 0 Å². The number of carbonyl (C=O) groups excluding carboxylic acids is 2. The van der Waals surface area contributed by atoms with Gasteiger partial charge in [0.05, 0.1) is 5.52 Å². The van der Waals surface area contributed by atoms with E-state index in [-0.39, 0.29) is 18.4 Å². The van der Waals surface area contributed by atoms with Crippen LogP contribution in [0.5, 0.6) is 0 Å². The summed E-state index contributed by atoms with van der Waals surface area (Å²) in [6, 6.07) is 24.0. The van der Waals surface area contributed by atoms with Crippen LogP contribution in [0.2, 0.25) is 0 Å². The zero-order chi connectivity index (χ0) is 25.5. The molecule has 186 valence electrons. The lowest BCUT2D eigenvalue weighted by atomic mass is 10.0. The first-order valence-electron chi connectivity index (χ1n) is 12.5. The van der Waals surface area contributed by atoms with E-state index in [4.69, 9.17) is 0 Å². The van der Waals surface area contributed by atoms with E-state index in [1.54, 1.807) is 9.58 Å². The zero-order valence-corrected chi connectivity index (χ0v) is 21.1. The highest BCUT2D eigenvalue weighted by Crippen LogP contribution is 2.29. The van der Waals surface area contributed by atoms with Crippen molar-refractivity contribution in [3.8, 4) is 0 Å². The summed E-state index contributed by atoms with van der Waals surface area (Å²) >= 11 is 0. The third-order valence-electron chi connectivity index (χ3n) is 6.24. The number of hydrogen-bond acceptors (Lipinski definition) is 4. The summed E-state index contributed by atoms with van der Waals surface area (Å²) in [5.74, 6) is 0.00127. The number of rotatable bonds is 10. The lowest BCUT2D eigenvalue weighted by Crippen LogP contribution is -2.45. The second-order valence-electron chi connectivity index (χ2n) is 9.31. The van der Waals surface area contributed by atoms with Gasteiger partial charge in [0, 0.05) is 12.2 Å². The molecule has 1 atom stereocenters. The minimum absolute atomic E-state index is 0.0430. The van der Waals surface area contributed by atoms with Crippen LogP contribution in [0.1, 0.15) is 44.4 Å². The van der Waals surface area contributed by atoms with Crippen LogP contribution in [0.4, 0.5) is 5.69 Å². The predicted molar refractivity (Wildman–Crippen MR) is 142 cm³/mol. The number of para-hydroxylation sites is 1. The molecule has 36 heavy (non-hydrogen) atoms. The fourth-order valence-corrected chi connectivity index (χ4v) is 4.20. The van der Waals surface area contributed by atoms with Crippen molar-refractivity contribution in [1.82, 2.24) is 20.3 Å². The van der Waals surface area contributed by atoms with E-state index in [0.717, 1.165) is 35.0 Å². The summed E-state index contributed by atoms with van der Waals surface area (Å²) in [5, 5.41) is 11.4. The van der Waals surface area contributed by atoms with E-state index < -0.39 is 6.04 Å². The molecule has 0 saturated heterocycles. The van der Waals surface area contributed by atoms with E-state index in [1.165, 1.54) is 0 Å². The molecule has 2 amide bonds. The lowest BCUT2D eigenvalue weighted by Gasteiger charge is -2.32. The van der Waals surface area contributed by atoms with Crippen LogP contribution in [0, 0.1) is 5.92 Å². The number of carbonyl (C=O) groups is 2. The largest absolute Gasteiger partial charge is 0.354 e. The highest BCUT2D eigenvalue weighted by Gasteiger charge is 2.33. The molecular formula is C29H33N5O2. The van der Waals surface area contributed by atoms with Gasteiger partial charge in [-0.3, -0.25) is 14.5 Å². The molecule has 0 aliphatic carbocycles. The van der Waals surface area contributed by atoms with Crippen molar-refractivity contribution in [2.24, 2.45) is 5.92 Å². The molecule has 1 aromatic heterocycles. The number of nitrogens with zero attached hydrogens (tertiary/aromatic N) is 4. The third kappa shape index (κ3) is 5.79. The van der Waals surface area contributed by atoms with Crippen LogP contribution in [-0.4, -0.2) is 33.4 Å². The fourth-order valence-electron chi connectivity index (χ4n) is 4.20. The van der Waals surface area contributed by atoms with E-state index in [9.17, 15) is 9.59 Å². The Morgan fingerprint density at radius 3 is 2.33 bits per heavy atom. The van der Waals surface area contributed by atoms with E-state index in [0.29, 0.717) is 18.2 Å². The molecule has 0 fully saturated rings. The Bertz CT molecular complexity index is 1300. The van der Waals surface area contributed by atoms with Gasteiger partial charge in [-0.25, -0.2) is 4.68 Å². The number of aryl methyl sites for hydroxylation is 1. The van der Waals surface area contributed by atoms with Crippen LogP contribution in [0.25, 0.3) is 11.0 Å². The molecule has 3 aromatic carbocycles. The molecule has 1 heterocycles. The van der Waals surface area contributed by atoms with Crippen molar-refractivity contribution in [3.05, 3.63) is 90.0 Å². The minimum atomic E-state index is -0.826. The van der Waals surface area contributed by atoms with Crippen LogP contribution < -0.4 is 10.2 Å². The van der Waals surface area contributed by atoms with Gasteiger partial charge in [0.2, 0.25) is 11.8 Å². The summed E-state index contributed by atoms with van der Waals surface area (Å²) < 4.78 is 1.59. The van der Waals surface area contributed by atoms with Gasteiger partial charge in [-0.1, -0.05) is 80.6 Å². The average molecular weight is 484 g/mol. The Morgan fingerprint density at radius 2 is 1.64 bits per heavy atom. The highest BCUT2D eigenvalue weighted by atomic mass is 16.2. The van der Waals surface area contributed by atoms with Gasteiger partial charge < -0.3 is 5.32 Å². The molecule has 0 aliphatic heterocycles. The number of amides is 2. The maximum absolute atomic E-state index is 14.0. The number of nitrogens with one attached hydrogen (secondary N) is 1. The highest BCUT2D eigenvalue weighted by molar-refractivity contribution is 6.01. The van der Waals surface area contributed by atoms with E-state index in [2.05, 4.69) is 36.4 Å². The van der Waals surface area contributed by atoms with Gasteiger partial charge in [0.25, 0.3) is 0 Å². The van der Waals surface area contributed by atoms with Crippen LogP contribution in [-0.2, 0) is 22.6 Å². The molecule has 4 aromatic rings. The first kappa shape index (κ1) is 25.1. The van der Waals surface area contributed by atoms with Crippen LogP contribution >= 0.6 is 0 Å². The van der Waals surface area contributed by atoms with Gasteiger partial charge in [-0.2, -0.15) is 0 Å². The zero-order valence-electron chi connectivity index (χ0n) is 21.1. The second-order valence-corrected chi connectivity index (χ2v) is 9.31. The number of benzene rings is 3. The van der Waals surface area contributed by atoms with Gasteiger partial charge in [0.15, 0.2) is 0 Å². The molecule has 4 rings (SSSR count). The summed E-state index contributed by atoms with van der Waals surface area (Å²) in [4.78, 5) is 29.2. The van der Waals surface area contributed by atoms with Crippen molar-refractivity contribution < 1.29 is 9.59 Å². The summed E-state index contributed by atoms with van der Waals surface area (Å²) in [6.07, 6.45) is 1.74. The molecule has 0 saturated carbocycles. The molecule has 0 aliphatic rings. The smallest absolute Gasteiger partial charge is 0.249 e. The lowest BCUT2D eigenvalue weighted by molar-refractivity contribution is -0.127. The molecule has 7 nitrogen and oxygen atoms in total. The van der Waals surface area contributed by atoms with Gasteiger partial charge >= 0.3 is 0 Å². The topological polar surface area (TPSA) is 80.1 Å². The van der Waals surface area contributed by atoms with E-state index in [1.807, 2.05) is 78.9 Å². The standard InChI is InChI=1S/C29H33N5O2/c1-4-22-14-16-24(17-15-22)34(27(35)20-33-26-13-9-8-12-25(26)31-32-33)28(23-10-6-5-7-11-23)29(36)30-19-18-21(2)3/h5-17,21,28H,4,18-20H2,1-3H3,(H,30,36)/t28-/m1/s1. The number of fused-ring (bicyclic) bond motifs is 1. The summed E-state index contributed by atoms with van der Waals surface area (Å²) in [7, 11) is 0. The first-order valence-corrected chi connectivity index (χ1v) is 12.5. The Hall–Kier alpha value is -4.00. The maximum Gasteiger partial charge on any atom is 0.249 e. The quantitative estimate of drug-likeness (QED) is 0.347. The number of hydrogen-bond donors (Lipinski definition) is 1. The second kappa shape index (κ2) is 11.6. The van der Waals surface area contributed by atoms with Crippen molar-refractivity contribution in [1.29, 1.82) is 0 Å². The molecule has 0 bridgehead atoms. The first-order chi connectivity index (χ1) is 17.5. The minimum Gasteiger partial charge on any atom is -0.354 e. The Labute approximate surface area is 212 Å². The Morgan fingerprint density at radius 1 is 0.944 bits per heavy atom. The predicted octanol–water partition coefficient (Wildman–Crippen LogP) is 4.93. The van der Waals surface area contributed by atoms with Gasteiger partial charge in [0.1, 0.15) is 18.1 Å². The fraction of sp³-hybridized carbons (Fsp3) is 0.310. The summed E-state index contributed by atoms with van der Waals surface area (Å²) in [6.45, 7) is 6.83. The summed E-state index contributed by atoms with van der Waals surface area (Å²) in [5.41, 5.74) is 4.05. The van der Waals surface area contributed by atoms with Crippen molar-refractivity contribution in [2.75, 3.05) is 11.4 Å². The normalized spacial score (nSPS) is 12.0. The van der Waals surface area contributed by atoms with Gasteiger partial charge in [-0.15, -0.1) is 5.10 Å². The monoisotopic (exact) mass is 483 g/mol. The van der Waals surface area contributed by atoms with Gasteiger partial charge in [-0.05, 0) is 54.2 Å². The molecule has 0 unspecified atom stereocenters. The number of anilines is 1. The molecule has 1 N–H and O–H groups in total. The number of aromatic nitrogens is 3. The van der Waals surface area contributed by atoms with Crippen molar-refractivity contribution >= 4 is 28.5 Å². The SMILES string of the molecule is CCc1ccc(N(C(=O)Cn2nnc3ccccc32)[C@@H](C(=O)NCCC(C)C)c2ccccc2)cc1. The maximum atomic E-state index is 14.0. The Kier molecular flexibility index (Phi) is 8.10. The third-order valence-corrected chi connectivity index (χ3v) is 6.24. The van der Waals surface area contributed by atoms with E-state index >= 15 is 0 Å². The average Bonchev–Trinajstić information content (AvgIpc) is 3.30. The molecular weight excluding hydrogens is 450 g/mol. The molecule has 0 spiro atoms. The van der Waals surface area contributed by atoms with Crippen LogP contribution in [0.15, 0.2) is 78.9 Å². The molecule has 7 heteroatoms. The Balaban J connectivity index is 1.74. The van der Waals surface area contributed by atoms with Crippen molar-refractivity contribution in [3.63, 3.8) is 0 Å².